The fraction of sp³-hybridized carbons (Fsp3) is 0. The van der Waals surface area contributed by atoms with Crippen LogP contribution in [-0.4, -0.2) is 18.1 Å². The summed E-state index contributed by atoms with van der Waals surface area (Å²) in [6.45, 7) is 0. The molecule has 0 unspecified atom stereocenters. The van der Waals surface area contributed by atoms with Crippen LogP contribution in [0.1, 0.15) is 1.43 Å². The minimum absolute atomic E-state index is 0. The van der Waals surface area contributed by atoms with Gasteiger partial charge in [-0.25, -0.2) is 0 Å². The Morgan fingerprint density at radius 1 is 1.38 bits per heavy atom. The van der Waals surface area contributed by atoms with Crippen LogP contribution in [0.5, 0.6) is 5.75 Å². The molecule has 2 N–H and O–H groups in total. The summed E-state index contributed by atoms with van der Waals surface area (Å²) in [5.41, 5.74) is 0. The van der Waals surface area contributed by atoms with Crippen molar-refractivity contribution in [1.29, 1.82) is 0 Å². The molecule has 0 atom stereocenters. The van der Waals surface area contributed by atoms with E-state index in [1.807, 2.05) is 0 Å². The quantitative estimate of drug-likeness (QED) is 0.485. The smallest absolute Gasteiger partial charge is 1.00 e. The van der Waals surface area contributed by atoms with Crippen LogP contribution < -0.4 is 29.6 Å². The minimum atomic E-state index is -4.21. The van der Waals surface area contributed by atoms with Crippen molar-refractivity contribution in [3.05, 3.63) is 22.7 Å². The number of rotatable bonds is 1. The maximum absolute atomic E-state index is 10.6. The molecule has 0 amide bonds. The van der Waals surface area contributed by atoms with Crippen LogP contribution in [0.3, 0.4) is 0 Å². The van der Waals surface area contributed by atoms with Gasteiger partial charge in [0.1, 0.15) is 10.6 Å². The first kappa shape index (κ1) is 13.4. The zero-order valence-corrected chi connectivity index (χ0v) is 11.1. The Labute approximate surface area is 108 Å². The molecule has 0 aliphatic carbocycles. The van der Waals surface area contributed by atoms with Crippen molar-refractivity contribution in [2.45, 2.75) is 4.90 Å². The van der Waals surface area contributed by atoms with Crippen LogP contribution in [0.4, 0.5) is 0 Å². The number of hydrogen-bond acceptors (Lipinski definition) is 3. The van der Waals surface area contributed by atoms with Crippen LogP contribution in [0.25, 0.3) is 0 Å². The van der Waals surface area contributed by atoms with E-state index in [1.165, 1.54) is 12.1 Å². The maximum Gasteiger partial charge on any atom is 1.00 e. The van der Waals surface area contributed by atoms with E-state index in [1.54, 1.807) is 0 Å². The average Bonchev–Trinajstić information content (AvgIpc) is 1.83. The SMILES string of the molecule is O=S(=O)(O)c1ccc(O)cc1Br.[H-].[Na+]. The second-order valence-corrected chi connectivity index (χ2v) is 4.33. The van der Waals surface area contributed by atoms with Gasteiger partial charge in [0.05, 0.1) is 0 Å². The van der Waals surface area contributed by atoms with Crippen molar-refractivity contribution in [3.8, 4) is 5.75 Å². The molecule has 68 valence electrons. The van der Waals surface area contributed by atoms with Crippen molar-refractivity contribution in [2.75, 3.05) is 0 Å². The molecule has 0 saturated carbocycles. The molecular formula is C6H6BrNaO4S. The summed E-state index contributed by atoms with van der Waals surface area (Å²) >= 11 is 2.88. The number of phenolic OH excluding ortho intramolecular Hbond substituents is 1. The fourth-order valence-corrected chi connectivity index (χ4v) is 2.22. The largest absolute Gasteiger partial charge is 1.00 e. The average molecular weight is 277 g/mol. The van der Waals surface area contributed by atoms with E-state index in [4.69, 9.17) is 9.66 Å². The Kier molecular flexibility index (Phi) is 4.92. The summed E-state index contributed by atoms with van der Waals surface area (Å²) < 4.78 is 30.0. The van der Waals surface area contributed by atoms with Crippen molar-refractivity contribution in [2.24, 2.45) is 0 Å². The van der Waals surface area contributed by atoms with E-state index < -0.39 is 10.1 Å². The third kappa shape index (κ3) is 3.57. The van der Waals surface area contributed by atoms with Crippen LogP contribution in [0.15, 0.2) is 27.6 Å². The molecule has 7 heteroatoms. The van der Waals surface area contributed by atoms with E-state index in [0.29, 0.717) is 0 Å². The summed E-state index contributed by atoms with van der Waals surface area (Å²) in [5.74, 6) is -0.0747. The minimum Gasteiger partial charge on any atom is -1.00 e. The summed E-state index contributed by atoms with van der Waals surface area (Å²) in [5, 5.41) is 8.90. The second kappa shape index (κ2) is 4.77. The Morgan fingerprint density at radius 3 is 2.31 bits per heavy atom. The van der Waals surface area contributed by atoms with Crippen molar-refractivity contribution < 1.29 is 49.1 Å². The molecule has 0 saturated heterocycles. The van der Waals surface area contributed by atoms with Gasteiger partial charge < -0.3 is 6.53 Å². The number of hydrogen-bond donors (Lipinski definition) is 2. The van der Waals surface area contributed by atoms with Crippen molar-refractivity contribution in [1.82, 2.24) is 0 Å². The van der Waals surface area contributed by atoms with Crippen LogP contribution in [-0.2, 0) is 10.1 Å². The first-order chi connectivity index (χ1) is 5.41. The van der Waals surface area contributed by atoms with Crippen LogP contribution >= 0.6 is 15.9 Å². The van der Waals surface area contributed by atoms with Gasteiger partial charge in [-0.1, -0.05) is 0 Å². The zero-order chi connectivity index (χ0) is 9.35. The van der Waals surface area contributed by atoms with Gasteiger partial charge in [0.15, 0.2) is 0 Å². The predicted octanol–water partition coefficient (Wildman–Crippen LogP) is -1.48. The molecule has 4 nitrogen and oxygen atoms in total. The molecule has 1 aromatic rings. The molecule has 0 aliphatic rings. The van der Waals surface area contributed by atoms with Crippen LogP contribution in [0, 0.1) is 0 Å². The molecule has 0 aliphatic heterocycles. The summed E-state index contributed by atoms with van der Waals surface area (Å²) in [6, 6.07) is 3.46. The van der Waals surface area contributed by atoms with E-state index >= 15 is 0 Å². The van der Waals surface area contributed by atoms with E-state index in [2.05, 4.69) is 15.9 Å². The monoisotopic (exact) mass is 276 g/mol. The van der Waals surface area contributed by atoms with E-state index in [0.717, 1.165) is 6.07 Å². The van der Waals surface area contributed by atoms with E-state index in [-0.39, 0.29) is 46.1 Å². The Balaban J connectivity index is 0. The zero-order valence-electron chi connectivity index (χ0n) is 7.73. The number of benzene rings is 1. The molecule has 0 fully saturated rings. The molecule has 13 heavy (non-hydrogen) atoms. The normalized spacial score (nSPS) is 10.6. The molecule has 0 spiro atoms. The van der Waals surface area contributed by atoms with Crippen molar-refractivity contribution >= 4 is 26.0 Å². The third-order valence-electron chi connectivity index (χ3n) is 1.19. The van der Waals surface area contributed by atoms with Gasteiger partial charge in [-0.05, 0) is 34.1 Å². The maximum atomic E-state index is 10.6. The Morgan fingerprint density at radius 2 is 1.92 bits per heavy atom. The van der Waals surface area contributed by atoms with Crippen LogP contribution in [0.2, 0.25) is 0 Å². The van der Waals surface area contributed by atoms with Gasteiger partial charge in [-0.3, -0.25) is 4.55 Å². The topological polar surface area (TPSA) is 74.6 Å². The van der Waals surface area contributed by atoms with Gasteiger partial charge in [0, 0.05) is 4.47 Å². The second-order valence-electron chi connectivity index (χ2n) is 2.09. The molecule has 0 heterocycles. The Bertz CT molecular complexity index is 408. The fourth-order valence-electron chi connectivity index (χ4n) is 0.699. The summed E-state index contributed by atoms with van der Waals surface area (Å²) in [7, 11) is -4.21. The van der Waals surface area contributed by atoms with Gasteiger partial charge >= 0.3 is 29.6 Å². The summed E-state index contributed by atoms with van der Waals surface area (Å²) in [6.07, 6.45) is 0. The molecule has 0 bridgehead atoms. The predicted molar refractivity (Wildman–Crippen MR) is 46.7 cm³/mol. The molecule has 0 aromatic heterocycles. The van der Waals surface area contributed by atoms with Gasteiger partial charge in [0.25, 0.3) is 10.1 Å². The number of aromatic hydroxyl groups is 1. The molecule has 0 radical (unpaired) electrons. The van der Waals surface area contributed by atoms with Crippen molar-refractivity contribution in [3.63, 3.8) is 0 Å². The molecular weight excluding hydrogens is 271 g/mol. The van der Waals surface area contributed by atoms with E-state index in [9.17, 15) is 8.42 Å². The van der Waals surface area contributed by atoms with Gasteiger partial charge in [-0.15, -0.1) is 0 Å². The van der Waals surface area contributed by atoms with Gasteiger partial charge in [-0.2, -0.15) is 8.42 Å². The standard InChI is InChI=1S/C6H5BrO4S.Na.H/c7-5-3-4(8)1-2-6(5)12(9,10)11;;/h1-3,8H,(H,9,10,11);;/q;+1;-1. The first-order valence-corrected chi connectivity index (χ1v) is 5.10. The number of phenols is 1. The summed E-state index contributed by atoms with van der Waals surface area (Å²) in [4.78, 5) is -0.264. The molecule has 1 aromatic carbocycles. The number of halogens is 1. The molecule has 1 rings (SSSR count). The van der Waals surface area contributed by atoms with Gasteiger partial charge in [0.2, 0.25) is 0 Å². The first-order valence-electron chi connectivity index (χ1n) is 2.87. The Hall–Kier alpha value is 0.410. The third-order valence-corrected chi connectivity index (χ3v) is 3.02.